The molecule has 0 atom stereocenters. The van der Waals surface area contributed by atoms with Crippen molar-refractivity contribution in [1.82, 2.24) is 15.1 Å². The summed E-state index contributed by atoms with van der Waals surface area (Å²) in [7, 11) is 0. The highest BCUT2D eigenvalue weighted by molar-refractivity contribution is 5.87. The first-order chi connectivity index (χ1) is 12.0. The number of carboxylic acids is 1. The number of nitrogens with one attached hydrogen (secondary N) is 1. The monoisotopic (exact) mass is 345 g/mol. The Morgan fingerprint density at radius 2 is 1.84 bits per heavy atom. The Kier molecular flexibility index (Phi) is 4.83. The third kappa shape index (κ3) is 3.87. The van der Waals surface area contributed by atoms with Crippen LogP contribution in [0.5, 0.6) is 0 Å². The zero-order chi connectivity index (χ0) is 17.9. The Morgan fingerprint density at radius 1 is 1.16 bits per heavy atom. The van der Waals surface area contributed by atoms with Gasteiger partial charge in [0.15, 0.2) is 0 Å². The third-order valence-electron chi connectivity index (χ3n) is 4.57. The lowest BCUT2D eigenvalue weighted by Gasteiger charge is -2.33. The molecule has 1 fully saturated rings. The molecular weight excluding hydrogens is 325 g/mol. The minimum absolute atomic E-state index is 0.00320. The number of hydrogen-bond donors (Lipinski definition) is 2. The highest BCUT2D eigenvalue weighted by Gasteiger charge is 2.40. The molecule has 1 aliphatic carbocycles. The van der Waals surface area contributed by atoms with E-state index in [2.05, 4.69) is 10.4 Å². The largest absolute Gasteiger partial charge is 0.480 e. The summed E-state index contributed by atoms with van der Waals surface area (Å²) in [5, 5.41) is 16.5. The van der Waals surface area contributed by atoms with Gasteiger partial charge in [-0.05, 0) is 43.2 Å². The van der Waals surface area contributed by atoms with Crippen molar-refractivity contribution in [3.8, 4) is 5.69 Å². The first-order valence-corrected chi connectivity index (χ1v) is 8.33. The number of carbonyl (C=O) groups is 2. The Morgan fingerprint density at radius 3 is 2.48 bits per heavy atom. The van der Waals surface area contributed by atoms with E-state index in [4.69, 9.17) is 0 Å². The number of carbonyl (C=O) groups excluding carboxylic acids is 1. The van der Waals surface area contributed by atoms with E-state index >= 15 is 0 Å². The summed E-state index contributed by atoms with van der Waals surface area (Å²) < 4.78 is 14.5. The molecular formula is C18H20FN3O3. The standard InChI is InChI=1S/C18H20FN3O3/c19-13-4-6-15(7-5-13)22-11-8-14(21-22)12-16(23)20-18(17(24)25)9-2-1-3-10-18/h4-8,11H,1-3,9-10,12H2,(H,20,23)(H,24,25). The van der Waals surface area contributed by atoms with Crippen LogP contribution in [-0.4, -0.2) is 32.3 Å². The van der Waals surface area contributed by atoms with Gasteiger partial charge in [0.25, 0.3) is 0 Å². The van der Waals surface area contributed by atoms with E-state index in [0.29, 0.717) is 24.2 Å². The van der Waals surface area contributed by atoms with Crippen LogP contribution in [-0.2, 0) is 16.0 Å². The van der Waals surface area contributed by atoms with E-state index in [1.54, 1.807) is 29.1 Å². The molecule has 7 heteroatoms. The molecule has 25 heavy (non-hydrogen) atoms. The average Bonchev–Trinajstić information content (AvgIpc) is 3.04. The van der Waals surface area contributed by atoms with Crippen molar-refractivity contribution in [3.05, 3.63) is 48.0 Å². The van der Waals surface area contributed by atoms with Crippen molar-refractivity contribution in [2.24, 2.45) is 0 Å². The van der Waals surface area contributed by atoms with Gasteiger partial charge >= 0.3 is 5.97 Å². The Labute approximate surface area is 144 Å². The van der Waals surface area contributed by atoms with Crippen molar-refractivity contribution >= 4 is 11.9 Å². The lowest BCUT2D eigenvalue weighted by molar-refractivity contribution is -0.149. The first-order valence-electron chi connectivity index (χ1n) is 8.33. The molecule has 2 aromatic rings. The van der Waals surface area contributed by atoms with Crippen LogP contribution in [0.4, 0.5) is 4.39 Å². The van der Waals surface area contributed by atoms with E-state index in [9.17, 15) is 19.1 Å². The van der Waals surface area contributed by atoms with Gasteiger partial charge in [-0.1, -0.05) is 19.3 Å². The molecule has 0 saturated heterocycles. The second kappa shape index (κ2) is 7.04. The van der Waals surface area contributed by atoms with Crippen LogP contribution in [0.1, 0.15) is 37.8 Å². The molecule has 0 aliphatic heterocycles. The maximum absolute atomic E-state index is 13.0. The average molecular weight is 345 g/mol. The van der Waals surface area contributed by atoms with Crippen LogP contribution in [0.2, 0.25) is 0 Å². The van der Waals surface area contributed by atoms with E-state index in [0.717, 1.165) is 19.3 Å². The lowest BCUT2D eigenvalue weighted by Crippen LogP contribution is -2.56. The summed E-state index contributed by atoms with van der Waals surface area (Å²) in [5.41, 5.74) is 0.0509. The van der Waals surface area contributed by atoms with Gasteiger partial charge in [-0.15, -0.1) is 0 Å². The molecule has 1 aromatic heterocycles. The second-order valence-electron chi connectivity index (χ2n) is 6.40. The fraction of sp³-hybridized carbons (Fsp3) is 0.389. The highest BCUT2D eigenvalue weighted by atomic mass is 19.1. The summed E-state index contributed by atoms with van der Waals surface area (Å²) in [6.45, 7) is 0. The van der Waals surface area contributed by atoms with Gasteiger partial charge in [0, 0.05) is 6.20 Å². The molecule has 0 radical (unpaired) electrons. The summed E-state index contributed by atoms with van der Waals surface area (Å²) in [5.74, 6) is -1.66. The van der Waals surface area contributed by atoms with Gasteiger partial charge in [0.05, 0.1) is 17.8 Å². The number of benzene rings is 1. The van der Waals surface area contributed by atoms with Crippen LogP contribution >= 0.6 is 0 Å². The quantitative estimate of drug-likeness (QED) is 0.872. The van der Waals surface area contributed by atoms with Gasteiger partial charge in [0.2, 0.25) is 5.91 Å². The Bertz CT molecular complexity index is 764. The number of amides is 1. The first kappa shape index (κ1) is 17.1. The van der Waals surface area contributed by atoms with Gasteiger partial charge in [-0.25, -0.2) is 13.9 Å². The maximum Gasteiger partial charge on any atom is 0.329 e. The molecule has 0 unspecified atom stereocenters. The van der Waals surface area contributed by atoms with E-state index in [-0.39, 0.29) is 18.1 Å². The normalized spacial score (nSPS) is 16.4. The summed E-state index contributed by atoms with van der Waals surface area (Å²) in [4.78, 5) is 23.9. The molecule has 0 spiro atoms. The van der Waals surface area contributed by atoms with Gasteiger partial charge in [0.1, 0.15) is 11.4 Å². The molecule has 1 aromatic carbocycles. The van der Waals surface area contributed by atoms with E-state index in [1.165, 1.54) is 12.1 Å². The summed E-state index contributed by atoms with van der Waals surface area (Å²) in [6, 6.07) is 7.55. The number of aromatic nitrogens is 2. The predicted octanol–water partition coefficient (Wildman–Crippen LogP) is 2.46. The molecule has 3 rings (SSSR count). The van der Waals surface area contributed by atoms with Crippen LogP contribution in [0.3, 0.4) is 0 Å². The van der Waals surface area contributed by atoms with Crippen molar-refractivity contribution < 1.29 is 19.1 Å². The lowest BCUT2D eigenvalue weighted by atomic mass is 9.81. The van der Waals surface area contributed by atoms with Crippen LogP contribution in [0.15, 0.2) is 36.5 Å². The van der Waals surface area contributed by atoms with Gasteiger partial charge in [-0.3, -0.25) is 4.79 Å². The zero-order valence-electron chi connectivity index (χ0n) is 13.7. The molecule has 6 nitrogen and oxygen atoms in total. The Balaban J connectivity index is 1.67. The Hall–Kier alpha value is -2.70. The molecule has 1 heterocycles. The van der Waals surface area contributed by atoms with Gasteiger partial charge in [-0.2, -0.15) is 5.10 Å². The number of rotatable bonds is 5. The highest BCUT2D eigenvalue weighted by Crippen LogP contribution is 2.28. The molecule has 1 amide bonds. The third-order valence-corrected chi connectivity index (χ3v) is 4.57. The van der Waals surface area contributed by atoms with Crippen molar-refractivity contribution in [2.45, 2.75) is 44.1 Å². The molecule has 1 saturated carbocycles. The van der Waals surface area contributed by atoms with Crippen molar-refractivity contribution in [3.63, 3.8) is 0 Å². The molecule has 0 bridgehead atoms. The number of aliphatic carboxylic acids is 1. The smallest absolute Gasteiger partial charge is 0.329 e. The predicted molar refractivity (Wildman–Crippen MR) is 88.8 cm³/mol. The topological polar surface area (TPSA) is 84.2 Å². The summed E-state index contributed by atoms with van der Waals surface area (Å²) >= 11 is 0. The van der Waals surface area contributed by atoms with Crippen LogP contribution in [0.25, 0.3) is 5.69 Å². The molecule has 1 aliphatic rings. The molecule has 132 valence electrons. The summed E-state index contributed by atoms with van der Waals surface area (Å²) in [6.07, 6.45) is 5.19. The number of halogens is 1. The minimum Gasteiger partial charge on any atom is -0.480 e. The fourth-order valence-electron chi connectivity index (χ4n) is 3.22. The van der Waals surface area contributed by atoms with Crippen LogP contribution < -0.4 is 5.32 Å². The van der Waals surface area contributed by atoms with E-state index in [1.807, 2.05) is 0 Å². The zero-order valence-corrected chi connectivity index (χ0v) is 13.7. The maximum atomic E-state index is 13.0. The van der Waals surface area contributed by atoms with E-state index < -0.39 is 11.5 Å². The fourth-order valence-corrected chi connectivity index (χ4v) is 3.22. The SMILES string of the molecule is O=C(Cc1ccn(-c2ccc(F)cc2)n1)NC1(C(=O)O)CCCCC1. The van der Waals surface area contributed by atoms with Crippen LogP contribution in [0, 0.1) is 5.82 Å². The van der Waals surface area contributed by atoms with Crippen molar-refractivity contribution in [1.29, 1.82) is 0 Å². The van der Waals surface area contributed by atoms with Gasteiger partial charge < -0.3 is 10.4 Å². The molecule has 2 N–H and O–H groups in total. The van der Waals surface area contributed by atoms with Crippen molar-refractivity contribution in [2.75, 3.05) is 0 Å². The minimum atomic E-state index is -1.16. The number of nitrogens with zero attached hydrogens (tertiary/aromatic N) is 2. The number of carboxylic acid groups (broad SMARTS) is 1. The number of hydrogen-bond acceptors (Lipinski definition) is 3. The second-order valence-corrected chi connectivity index (χ2v) is 6.40.